The second-order valence-electron chi connectivity index (χ2n) is 6.14. The van der Waals surface area contributed by atoms with E-state index in [9.17, 15) is 18.3 Å². The number of hydrogen-bond donors (Lipinski definition) is 3. The van der Waals surface area contributed by atoms with E-state index in [4.69, 9.17) is 4.74 Å². The van der Waals surface area contributed by atoms with Gasteiger partial charge in [0.25, 0.3) is 15.9 Å². The number of anilines is 1. The molecule has 3 aromatic rings. The van der Waals surface area contributed by atoms with Crippen molar-refractivity contribution in [1.29, 1.82) is 0 Å². The average Bonchev–Trinajstić information content (AvgIpc) is 3.28. The van der Waals surface area contributed by atoms with E-state index in [1.54, 1.807) is 30.5 Å². The molecule has 10 heteroatoms. The first kappa shape index (κ1) is 21.3. The Morgan fingerprint density at radius 3 is 2.47 bits per heavy atom. The van der Waals surface area contributed by atoms with Crippen LogP contribution in [0.25, 0.3) is 0 Å². The van der Waals surface area contributed by atoms with E-state index in [2.05, 4.69) is 15.2 Å². The van der Waals surface area contributed by atoms with Crippen molar-refractivity contribution in [1.82, 2.24) is 5.43 Å². The van der Waals surface area contributed by atoms with Crippen molar-refractivity contribution in [3.05, 3.63) is 71.1 Å². The molecule has 0 aliphatic heterocycles. The predicted molar refractivity (Wildman–Crippen MR) is 116 cm³/mol. The van der Waals surface area contributed by atoms with Gasteiger partial charge in [-0.1, -0.05) is 6.07 Å². The summed E-state index contributed by atoms with van der Waals surface area (Å²) in [5, 5.41) is 15.7. The van der Waals surface area contributed by atoms with Crippen LogP contribution in [0, 0.1) is 0 Å². The maximum absolute atomic E-state index is 12.3. The largest absolute Gasteiger partial charge is 0.507 e. The van der Waals surface area contributed by atoms with Gasteiger partial charge < -0.3 is 9.84 Å². The first-order valence-corrected chi connectivity index (χ1v) is 11.0. The Bertz CT molecular complexity index is 1170. The highest BCUT2D eigenvalue weighted by atomic mass is 32.2. The van der Waals surface area contributed by atoms with Crippen molar-refractivity contribution < 1.29 is 23.1 Å². The molecule has 0 unspecified atom stereocenters. The van der Waals surface area contributed by atoms with Gasteiger partial charge in [-0.2, -0.15) is 5.10 Å². The van der Waals surface area contributed by atoms with Gasteiger partial charge in [0, 0.05) is 22.9 Å². The number of hydrogen-bond acceptors (Lipinski definition) is 7. The van der Waals surface area contributed by atoms with Crippen LogP contribution in [0.1, 0.15) is 22.8 Å². The molecular formula is C20H19N3O5S2. The first-order valence-electron chi connectivity index (χ1n) is 8.68. The molecule has 0 atom stereocenters. The summed E-state index contributed by atoms with van der Waals surface area (Å²) >= 11 is 1.11. The molecule has 3 rings (SSSR count). The lowest BCUT2D eigenvalue weighted by Crippen LogP contribution is -2.19. The van der Waals surface area contributed by atoms with Gasteiger partial charge >= 0.3 is 0 Å². The van der Waals surface area contributed by atoms with E-state index in [1.165, 1.54) is 43.5 Å². The molecule has 3 N–H and O–H groups in total. The Labute approximate surface area is 177 Å². The standard InChI is InChI=1S/C20H19N3O5S2/c1-13(17-10-9-16(28-2)12-18(17)24)21-22-20(25)14-5-7-15(8-6-14)23-30(26,27)19-4-3-11-29-19/h3-12,23-24H,1-2H3,(H,22,25)/b21-13+. The van der Waals surface area contributed by atoms with Crippen LogP contribution in [0.15, 0.2) is 69.3 Å². The third-order valence-electron chi connectivity index (χ3n) is 4.08. The average molecular weight is 446 g/mol. The highest BCUT2D eigenvalue weighted by molar-refractivity contribution is 7.94. The fourth-order valence-corrected chi connectivity index (χ4v) is 4.57. The number of benzene rings is 2. The zero-order valence-corrected chi connectivity index (χ0v) is 17.8. The molecular weight excluding hydrogens is 426 g/mol. The summed E-state index contributed by atoms with van der Waals surface area (Å²) in [6.45, 7) is 1.64. The van der Waals surface area contributed by atoms with E-state index in [0.29, 0.717) is 28.3 Å². The van der Waals surface area contributed by atoms with Crippen molar-refractivity contribution in [3.8, 4) is 11.5 Å². The molecule has 2 aromatic carbocycles. The number of hydrazone groups is 1. The van der Waals surface area contributed by atoms with Gasteiger partial charge in [0.2, 0.25) is 0 Å². The number of phenols is 1. The minimum absolute atomic E-state index is 0.0211. The number of rotatable bonds is 7. The lowest BCUT2D eigenvalue weighted by Gasteiger charge is -2.08. The van der Waals surface area contributed by atoms with E-state index < -0.39 is 15.9 Å². The third kappa shape index (κ3) is 4.97. The molecule has 0 fully saturated rings. The van der Waals surface area contributed by atoms with Crippen molar-refractivity contribution in [2.45, 2.75) is 11.1 Å². The van der Waals surface area contributed by atoms with Gasteiger partial charge in [-0.05, 0) is 54.8 Å². The molecule has 156 valence electrons. The minimum Gasteiger partial charge on any atom is -0.507 e. The maximum Gasteiger partial charge on any atom is 0.271 e. The number of carbonyl (C=O) groups excluding carboxylic acids is 1. The quantitative estimate of drug-likeness (QED) is 0.381. The van der Waals surface area contributed by atoms with Gasteiger partial charge in [-0.15, -0.1) is 11.3 Å². The molecule has 1 heterocycles. The van der Waals surface area contributed by atoms with E-state index >= 15 is 0 Å². The Morgan fingerprint density at radius 2 is 1.87 bits per heavy atom. The zero-order chi connectivity index (χ0) is 21.7. The summed E-state index contributed by atoms with van der Waals surface area (Å²) < 4.78 is 32.2. The van der Waals surface area contributed by atoms with Gasteiger partial charge in [0.1, 0.15) is 15.7 Å². The Hall–Kier alpha value is -3.37. The van der Waals surface area contributed by atoms with Crippen LogP contribution in [0.4, 0.5) is 5.69 Å². The van der Waals surface area contributed by atoms with E-state index in [0.717, 1.165) is 11.3 Å². The Kier molecular flexibility index (Phi) is 6.38. The number of carbonyl (C=O) groups is 1. The fraction of sp³-hybridized carbons (Fsp3) is 0.100. The van der Waals surface area contributed by atoms with Crippen LogP contribution in [-0.4, -0.2) is 32.3 Å². The van der Waals surface area contributed by atoms with Crippen molar-refractivity contribution in [2.75, 3.05) is 11.8 Å². The third-order valence-corrected chi connectivity index (χ3v) is 6.86. The summed E-state index contributed by atoms with van der Waals surface area (Å²) in [5.41, 5.74) is 3.90. The molecule has 1 aromatic heterocycles. The number of nitrogens with one attached hydrogen (secondary N) is 2. The topological polar surface area (TPSA) is 117 Å². The van der Waals surface area contributed by atoms with Crippen LogP contribution in [0.5, 0.6) is 11.5 Å². The van der Waals surface area contributed by atoms with Crippen LogP contribution in [0.2, 0.25) is 0 Å². The summed E-state index contributed by atoms with van der Waals surface area (Å²) in [4.78, 5) is 12.3. The smallest absolute Gasteiger partial charge is 0.271 e. The molecule has 30 heavy (non-hydrogen) atoms. The summed E-state index contributed by atoms with van der Waals surface area (Å²) in [7, 11) is -2.16. The van der Waals surface area contributed by atoms with Gasteiger partial charge in [0.05, 0.1) is 12.8 Å². The monoisotopic (exact) mass is 445 g/mol. The van der Waals surface area contributed by atoms with E-state index in [-0.39, 0.29) is 9.96 Å². The van der Waals surface area contributed by atoms with Crippen molar-refractivity contribution in [3.63, 3.8) is 0 Å². The van der Waals surface area contributed by atoms with Crippen LogP contribution < -0.4 is 14.9 Å². The molecule has 0 aliphatic carbocycles. The van der Waals surface area contributed by atoms with Crippen molar-refractivity contribution >= 4 is 38.7 Å². The number of phenolic OH excluding ortho intramolecular Hbond substituents is 1. The number of sulfonamides is 1. The lowest BCUT2D eigenvalue weighted by atomic mass is 10.1. The van der Waals surface area contributed by atoms with Gasteiger partial charge in [-0.25, -0.2) is 13.8 Å². The summed E-state index contributed by atoms with van der Waals surface area (Å²) in [6.07, 6.45) is 0. The molecule has 0 aliphatic rings. The van der Waals surface area contributed by atoms with Crippen LogP contribution in [-0.2, 0) is 10.0 Å². The van der Waals surface area contributed by atoms with E-state index in [1.807, 2.05) is 0 Å². The normalized spacial score (nSPS) is 11.7. The highest BCUT2D eigenvalue weighted by Crippen LogP contribution is 2.24. The molecule has 0 saturated carbocycles. The summed E-state index contributed by atoms with van der Waals surface area (Å²) in [6, 6.07) is 13.9. The number of methoxy groups -OCH3 is 1. The molecule has 0 spiro atoms. The van der Waals surface area contributed by atoms with Gasteiger partial charge in [-0.3, -0.25) is 9.52 Å². The number of amides is 1. The number of thiophene rings is 1. The molecule has 8 nitrogen and oxygen atoms in total. The lowest BCUT2D eigenvalue weighted by molar-refractivity contribution is 0.0955. The molecule has 0 radical (unpaired) electrons. The first-order chi connectivity index (χ1) is 14.3. The molecule has 0 bridgehead atoms. The van der Waals surface area contributed by atoms with Crippen LogP contribution >= 0.6 is 11.3 Å². The molecule has 1 amide bonds. The van der Waals surface area contributed by atoms with Crippen LogP contribution in [0.3, 0.4) is 0 Å². The second-order valence-corrected chi connectivity index (χ2v) is 8.99. The molecule has 0 saturated heterocycles. The summed E-state index contributed by atoms with van der Waals surface area (Å²) in [5.74, 6) is 0.00474. The van der Waals surface area contributed by atoms with Crippen molar-refractivity contribution in [2.24, 2.45) is 5.10 Å². The fourth-order valence-electron chi connectivity index (χ4n) is 2.52. The zero-order valence-electron chi connectivity index (χ0n) is 16.1. The number of aromatic hydroxyl groups is 1. The highest BCUT2D eigenvalue weighted by Gasteiger charge is 2.15. The Morgan fingerprint density at radius 1 is 1.13 bits per heavy atom. The maximum atomic E-state index is 12.3. The minimum atomic E-state index is -3.65. The number of ether oxygens (including phenoxy) is 1. The predicted octanol–water partition coefficient (Wildman–Crippen LogP) is 3.42. The number of nitrogens with zero attached hydrogens (tertiary/aromatic N) is 1. The SMILES string of the molecule is COc1ccc(/C(C)=N/NC(=O)c2ccc(NS(=O)(=O)c3cccs3)cc2)c(O)c1. The second kappa shape index (κ2) is 8.97. The van der Waals surface area contributed by atoms with Gasteiger partial charge in [0.15, 0.2) is 0 Å². The Balaban J connectivity index is 1.67.